The van der Waals surface area contributed by atoms with Gasteiger partial charge in [-0.1, -0.05) is 0 Å². The molecular weight excluding hydrogens is 359 g/mol. The summed E-state index contributed by atoms with van der Waals surface area (Å²) in [7, 11) is 0. The molecule has 0 spiro atoms. The monoisotopic (exact) mass is 380 g/mol. The van der Waals surface area contributed by atoms with E-state index in [1.54, 1.807) is 31.0 Å². The van der Waals surface area contributed by atoms with Gasteiger partial charge in [0, 0.05) is 42.0 Å². The van der Waals surface area contributed by atoms with Crippen LogP contribution in [0.25, 0.3) is 22.2 Å². The Bertz CT molecular complexity index is 959. The normalized spacial score (nSPS) is 15.6. The smallest absolute Gasteiger partial charge is 0.228 e. The standard InChI is InChI=1S/C20H21FN6O/c21-3-8-27-6-1-14(2-7-27)20(28)26-19-10-15-9-16(11-24-18(15)13-25-19)17-12-22-4-5-23-17/h4-5,9-14H,1-3,6-8H2,(H,25,26,28). The summed E-state index contributed by atoms with van der Waals surface area (Å²) < 4.78 is 12.4. The lowest BCUT2D eigenvalue weighted by molar-refractivity contribution is -0.121. The Morgan fingerprint density at radius 3 is 2.71 bits per heavy atom. The summed E-state index contributed by atoms with van der Waals surface area (Å²) in [6, 6.07) is 3.78. The topological polar surface area (TPSA) is 83.9 Å². The highest BCUT2D eigenvalue weighted by Gasteiger charge is 2.25. The van der Waals surface area contributed by atoms with Crippen LogP contribution in [0.2, 0.25) is 0 Å². The van der Waals surface area contributed by atoms with Crippen molar-refractivity contribution in [2.24, 2.45) is 5.92 Å². The average molecular weight is 380 g/mol. The molecule has 1 fully saturated rings. The lowest BCUT2D eigenvalue weighted by Crippen LogP contribution is -2.39. The molecule has 8 heteroatoms. The van der Waals surface area contributed by atoms with Crippen molar-refractivity contribution in [3.63, 3.8) is 0 Å². The van der Waals surface area contributed by atoms with Crippen LogP contribution in [0.3, 0.4) is 0 Å². The second kappa shape index (κ2) is 8.35. The number of nitrogens with one attached hydrogen (secondary N) is 1. The van der Waals surface area contributed by atoms with Gasteiger partial charge in [-0.3, -0.25) is 19.7 Å². The minimum atomic E-state index is -0.345. The molecule has 144 valence electrons. The summed E-state index contributed by atoms with van der Waals surface area (Å²) in [4.78, 5) is 31.7. The van der Waals surface area contributed by atoms with Crippen LogP contribution in [0.5, 0.6) is 0 Å². The minimum Gasteiger partial charge on any atom is -0.310 e. The number of piperidine rings is 1. The van der Waals surface area contributed by atoms with Crippen molar-refractivity contribution in [2.45, 2.75) is 12.8 Å². The number of nitrogens with zero attached hydrogens (tertiary/aromatic N) is 5. The number of rotatable bonds is 5. The number of hydrogen-bond donors (Lipinski definition) is 1. The van der Waals surface area contributed by atoms with Crippen LogP contribution in [0.15, 0.2) is 43.1 Å². The molecule has 1 saturated heterocycles. The second-order valence-corrected chi connectivity index (χ2v) is 6.87. The summed E-state index contributed by atoms with van der Waals surface area (Å²) in [6.07, 6.45) is 9.79. The Morgan fingerprint density at radius 1 is 1.11 bits per heavy atom. The van der Waals surface area contributed by atoms with Crippen molar-refractivity contribution in [1.82, 2.24) is 24.8 Å². The van der Waals surface area contributed by atoms with Crippen LogP contribution in [0.1, 0.15) is 12.8 Å². The third-order valence-electron chi connectivity index (χ3n) is 5.04. The molecule has 0 radical (unpaired) electrons. The van der Waals surface area contributed by atoms with Crippen molar-refractivity contribution in [3.8, 4) is 11.3 Å². The van der Waals surface area contributed by atoms with Crippen molar-refractivity contribution in [3.05, 3.63) is 43.1 Å². The molecule has 0 saturated carbocycles. The van der Waals surface area contributed by atoms with Gasteiger partial charge >= 0.3 is 0 Å². The van der Waals surface area contributed by atoms with E-state index in [4.69, 9.17) is 0 Å². The molecule has 1 aliphatic rings. The fraction of sp³-hybridized carbons (Fsp3) is 0.350. The Kier molecular flexibility index (Phi) is 5.48. The third-order valence-corrected chi connectivity index (χ3v) is 5.04. The lowest BCUT2D eigenvalue weighted by Gasteiger charge is -2.30. The quantitative estimate of drug-likeness (QED) is 0.733. The molecule has 28 heavy (non-hydrogen) atoms. The molecule has 3 aromatic rings. The van der Waals surface area contributed by atoms with Crippen LogP contribution in [0, 0.1) is 5.92 Å². The molecule has 0 unspecified atom stereocenters. The number of amides is 1. The summed E-state index contributed by atoms with van der Waals surface area (Å²) in [5.74, 6) is 0.393. The van der Waals surface area contributed by atoms with E-state index in [0.717, 1.165) is 48.1 Å². The number of carbonyl (C=O) groups is 1. The minimum absolute atomic E-state index is 0.0372. The zero-order valence-corrected chi connectivity index (χ0v) is 15.4. The van der Waals surface area contributed by atoms with Gasteiger partial charge in [0.05, 0.1) is 23.6 Å². The number of carbonyl (C=O) groups excluding carboxylic acids is 1. The third kappa shape index (κ3) is 4.12. The van der Waals surface area contributed by atoms with E-state index in [-0.39, 0.29) is 18.5 Å². The number of hydrogen-bond acceptors (Lipinski definition) is 6. The Labute approximate surface area is 162 Å². The van der Waals surface area contributed by atoms with E-state index in [2.05, 4.69) is 30.2 Å². The molecule has 1 aliphatic heterocycles. The lowest BCUT2D eigenvalue weighted by atomic mass is 9.96. The van der Waals surface area contributed by atoms with Gasteiger partial charge in [-0.15, -0.1) is 0 Å². The SMILES string of the molecule is O=C(Nc1cc2cc(-c3cnccn3)cnc2cn1)C1CCN(CCF)CC1. The van der Waals surface area contributed by atoms with Crippen LogP contribution >= 0.6 is 0 Å². The van der Waals surface area contributed by atoms with E-state index < -0.39 is 0 Å². The van der Waals surface area contributed by atoms with E-state index in [1.807, 2.05) is 12.1 Å². The highest BCUT2D eigenvalue weighted by atomic mass is 19.1. The first kappa shape index (κ1) is 18.4. The number of aromatic nitrogens is 4. The predicted molar refractivity (Wildman–Crippen MR) is 104 cm³/mol. The zero-order chi connectivity index (χ0) is 19.3. The zero-order valence-electron chi connectivity index (χ0n) is 15.4. The van der Waals surface area contributed by atoms with Crippen molar-refractivity contribution in [2.75, 3.05) is 31.6 Å². The van der Waals surface area contributed by atoms with E-state index >= 15 is 0 Å². The maximum absolute atomic E-state index is 12.6. The van der Waals surface area contributed by atoms with Crippen molar-refractivity contribution < 1.29 is 9.18 Å². The van der Waals surface area contributed by atoms with Crippen LogP contribution in [-0.2, 0) is 4.79 Å². The van der Waals surface area contributed by atoms with Crippen LogP contribution in [0.4, 0.5) is 10.2 Å². The first-order valence-electron chi connectivity index (χ1n) is 9.34. The number of fused-ring (bicyclic) bond motifs is 1. The number of anilines is 1. The van der Waals surface area contributed by atoms with Gasteiger partial charge in [-0.05, 0) is 38.1 Å². The Balaban J connectivity index is 1.47. The molecule has 4 heterocycles. The molecule has 4 rings (SSSR count). The van der Waals surface area contributed by atoms with Crippen molar-refractivity contribution >= 4 is 22.6 Å². The molecule has 0 aromatic carbocycles. The van der Waals surface area contributed by atoms with Gasteiger partial charge in [-0.2, -0.15) is 0 Å². The summed E-state index contributed by atoms with van der Waals surface area (Å²) in [6.45, 7) is 1.60. The van der Waals surface area contributed by atoms with E-state index in [1.165, 1.54) is 0 Å². The molecule has 1 N–H and O–H groups in total. The van der Waals surface area contributed by atoms with E-state index in [0.29, 0.717) is 12.4 Å². The molecule has 0 bridgehead atoms. The second-order valence-electron chi connectivity index (χ2n) is 6.87. The molecular formula is C20H21FN6O. The van der Waals surface area contributed by atoms with Crippen LogP contribution in [-0.4, -0.2) is 57.1 Å². The Hall–Kier alpha value is -3.00. The Morgan fingerprint density at radius 2 is 1.96 bits per heavy atom. The van der Waals surface area contributed by atoms with Gasteiger partial charge in [-0.25, -0.2) is 9.37 Å². The van der Waals surface area contributed by atoms with Gasteiger partial charge in [0.25, 0.3) is 0 Å². The molecule has 7 nitrogen and oxygen atoms in total. The largest absolute Gasteiger partial charge is 0.310 e. The average Bonchev–Trinajstić information content (AvgIpc) is 2.74. The van der Waals surface area contributed by atoms with Crippen molar-refractivity contribution in [1.29, 1.82) is 0 Å². The highest BCUT2D eigenvalue weighted by Crippen LogP contribution is 2.23. The van der Waals surface area contributed by atoms with Gasteiger partial charge in [0.15, 0.2) is 0 Å². The summed E-state index contributed by atoms with van der Waals surface area (Å²) in [5.41, 5.74) is 2.33. The molecule has 1 amide bonds. The predicted octanol–water partition coefficient (Wildman–Crippen LogP) is 2.71. The highest BCUT2D eigenvalue weighted by molar-refractivity contribution is 5.94. The molecule has 0 aliphatic carbocycles. The first-order valence-corrected chi connectivity index (χ1v) is 9.34. The molecule has 3 aromatic heterocycles. The maximum atomic E-state index is 12.6. The maximum Gasteiger partial charge on any atom is 0.228 e. The summed E-state index contributed by atoms with van der Waals surface area (Å²) in [5, 5.41) is 3.78. The molecule has 0 atom stereocenters. The van der Waals surface area contributed by atoms with E-state index in [9.17, 15) is 9.18 Å². The van der Waals surface area contributed by atoms with Gasteiger partial charge in [0.1, 0.15) is 12.5 Å². The number of pyridine rings is 2. The fourth-order valence-electron chi connectivity index (χ4n) is 3.45. The van der Waals surface area contributed by atoms with Crippen LogP contribution < -0.4 is 5.32 Å². The summed E-state index contributed by atoms with van der Waals surface area (Å²) >= 11 is 0. The fourth-order valence-corrected chi connectivity index (χ4v) is 3.45. The van der Waals surface area contributed by atoms with Gasteiger partial charge in [0.2, 0.25) is 5.91 Å². The number of halogens is 1. The number of likely N-dealkylation sites (tertiary alicyclic amines) is 1. The first-order chi connectivity index (χ1) is 13.7. The number of alkyl halides is 1. The van der Waals surface area contributed by atoms with Gasteiger partial charge < -0.3 is 10.2 Å².